The summed E-state index contributed by atoms with van der Waals surface area (Å²) in [7, 11) is -0.304. The molecule has 3 amide bonds. The van der Waals surface area contributed by atoms with Crippen LogP contribution >= 0.6 is 0 Å². The average Bonchev–Trinajstić information content (AvgIpc) is 2.78. The van der Waals surface area contributed by atoms with Gasteiger partial charge in [-0.1, -0.05) is 12.8 Å². The number of carbonyl (C=O) groups is 3. The molecule has 10 heteroatoms. The molecule has 0 aromatic heterocycles. The van der Waals surface area contributed by atoms with Crippen LogP contribution in [0.15, 0.2) is 0 Å². The number of unbranched alkanes of at least 4 members (excludes halogenated alkanes) is 1. The highest BCUT2D eigenvalue weighted by molar-refractivity contribution is 6.45. The van der Waals surface area contributed by atoms with Crippen LogP contribution in [0.3, 0.4) is 0 Å². The van der Waals surface area contributed by atoms with Crippen LogP contribution in [0, 0.1) is 5.92 Å². The van der Waals surface area contributed by atoms with Crippen LogP contribution in [-0.4, -0.2) is 58.5 Å². The van der Waals surface area contributed by atoms with E-state index in [2.05, 4.69) is 16.0 Å². The molecule has 2 rings (SSSR count). The Bertz CT molecular complexity index is 729. The van der Waals surface area contributed by atoms with E-state index in [1.165, 1.54) is 6.92 Å². The molecule has 0 aromatic rings. The fourth-order valence-electron chi connectivity index (χ4n) is 4.60. The summed E-state index contributed by atoms with van der Waals surface area (Å²) in [5.41, 5.74) is -2.33. The molecule has 1 aliphatic heterocycles. The van der Waals surface area contributed by atoms with Crippen molar-refractivity contribution in [1.82, 2.24) is 16.0 Å². The SMILES string of the molecule is CC(=O)NC(CCCCB1OC(C)(C)C(C)(C)O1)(C(=O)NC(C)(C)C)C1CC(NC(=O)O)C1. The molecule has 0 aromatic carbocycles. The zero-order chi connectivity index (χ0) is 25.2. The lowest BCUT2D eigenvalue weighted by Gasteiger charge is -2.48. The molecule has 1 aliphatic carbocycles. The normalized spacial score (nSPS) is 25.5. The Morgan fingerprint density at radius 2 is 1.55 bits per heavy atom. The summed E-state index contributed by atoms with van der Waals surface area (Å²) in [6, 6.07) is -0.215. The van der Waals surface area contributed by atoms with Crippen molar-refractivity contribution in [3.05, 3.63) is 0 Å². The smallest absolute Gasteiger partial charge is 0.457 e. The topological polar surface area (TPSA) is 126 Å². The van der Waals surface area contributed by atoms with Gasteiger partial charge < -0.3 is 30.4 Å². The first kappa shape index (κ1) is 27.4. The molecule has 0 bridgehead atoms. The van der Waals surface area contributed by atoms with Crippen LogP contribution in [0.5, 0.6) is 0 Å². The van der Waals surface area contributed by atoms with E-state index in [0.29, 0.717) is 32.0 Å². The highest BCUT2D eigenvalue weighted by Gasteiger charge is 2.53. The van der Waals surface area contributed by atoms with Crippen LogP contribution in [0.2, 0.25) is 6.32 Å². The second-order valence-electron chi connectivity index (χ2n) is 11.6. The van der Waals surface area contributed by atoms with Gasteiger partial charge in [-0.05, 0) is 80.0 Å². The number of hydrogen-bond acceptors (Lipinski definition) is 5. The maximum Gasteiger partial charge on any atom is 0.457 e. The fourth-order valence-corrected chi connectivity index (χ4v) is 4.60. The molecule has 2 fully saturated rings. The zero-order valence-electron chi connectivity index (χ0n) is 21.5. The van der Waals surface area contributed by atoms with Crippen molar-refractivity contribution >= 4 is 25.0 Å². The minimum Gasteiger partial charge on any atom is -0.465 e. The van der Waals surface area contributed by atoms with Crippen LogP contribution < -0.4 is 16.0 Å². The van der Waals surface area contributed by atoms with E-state index in [9.17, 15) is 14.4 Å². The molecule has 4 N–H and O–H groups in total. The highest BCUT2D eigenvalue weighted by atomic mass is 16.7. The van der Waals surface area contributed by atoms with Gasteiger partial charge in [0, 0.05) is 18.5 Å². The number of rotatable bonds is 9. The summed E-state index contributed by atoms with van der Waals surface area (Å²) in [5.74, 6) is -0.656. The van der Waals surface area contributed by atoms with Gasteiger partial charge in [-0.3, -0.25) is 9.59 Å². The highest BCUT2D eigenvalue weighted by Crippen LogP contribution is 2.41. The van der Waals surface area contributed by atoms with Crippen molar-refractivity contribution < 1.29 is 28.8 Å². The van der Waals surface area contributed by atoms with Gasteiger partial charge in [0.15, 0.2) is 0 Å². The summed E-state index contributed by atoms with van der Waals surface area (Å²) in [6.07, 6.45) is 2.53. The van der Waals surface area contributed by atoms with Gasteiger partial charge in [0.2, 0.25) is 11.8 Å². The van der Waals surface area contributed by atoms with E-state index in [-0.39, 0.29) is 42.1 Å². The van der Waals surface area contributed by atoms with Crippen molar-refractivity contribution in [3.8, 4) is 0 Å². The molecular weight excluding hydrogens is 425 g/mol. The van der Waals surface area contributed by atoms with Crippen molar-refractivity contribution in [3.63, 3.8) is 0 Å². The molecule has 2 aliphatic rings. The Morgan fingerprint density at radius 1 is 1.00 bits per heavy atom. The molecule has 1 saturated heterocycles. The summed E-state index contributed by atoms with van der Waals surface area (Å²) >= 11 is 0. The van der Waals surface area contributed by atoms with E-state index in [1.807, 2.05) is 48.5 Å². The minimum atomic E-state index is -1.09. The lowest BCUT2D eigenvalue weighted by Crippen LogP contribution is -2.68. The van der Waals surface area contributed by atoms with Gasteiger partial charge in [0.25, 0.3) is 0 Å². The first-order chi connectivity index (χ1) is 15.0. The van der Waals surface area contributed by atoms with E-state index < -0.39 is 17.2 Å². The average molecular weight is 467 g/mol. The third kappa shape index (κ3) is 6.85. The van der Waals surface area contributed by atoms with Gasteiger partial charge in [0.1, 0.15) is 5.54 Å². The van der Waals surface area contributed by atoms with Crippen molar-refractivity contribution in [2.24, 2.45) is 5.92 Å². The lowest BCUT2D eigenvalue weighted by atomic mass is 9.65. The fraction of sp³-hybridized carbons (Fsp3) is 0.870. The summed E-state index contributed by atoms with van der Waals surface area (Å²) in [5, 5.41) is 17.5. The maximum atomic E-state index is 13.5. The molecule has 0 radical (unpaired) electrons. The van der Waals surface area contributed by atoms with Gasteiger partial charge in [-0.2, -0.15) is 0 Å². The van der Waals surface area contributed by atoms with Gasteiger partial charge >= 0.3 is 13.2 Å². The van der Waals surface area contributed by atoms with Crippen LogP contribution in [-0.2, 0) is 18.9 Å². The molecule has 1 heterocycles. The Kier molecular flexibility index (Phi) is 8.17. The minimum absolute atomic E-state index is 0.155. The van der Waals surface area contributed by atoms with Gasteiger partial charge in [0.05, 0.1) is 11.2 Å². The van der Waals surface area contributed by atoms with Gasteiger partial charge in [-0.25, -0.2) is 4.79 Å². The van der Waals surface area contributed by atoms with Crippen molar-refractivity contribution in [1.29, 1.82) is 0 Å². The number of amides is 3. The Hall–Kier alpha value is -1.81. The van der Waals surface area contributed by atoms with Crippen molar-refractivity contribution in [2.45, 2.75) is 122 Å². The quantitative estimate of drug-likeness (QED) is 0.305. The number of carbonyl (C=O) groups excluding carboxylic acids is 2. The van der Waals surface area contributed by atoms with E-state index in [0.717, 1.165) is 6.42 Å². The first-order valence-corrected chi connectivity index (χ1v) is 11.9. The maximum absolute atomic E-state index is 13.5. The molecule has 188 valence electrons. The van der Waals surface area contributed by atoms with E-state index >= 15 is 0 Å². The monoisotopic (exact) mass is 467 g/mol. The Balaban J connectivity index is 2.10. The third-order valence-electron chi connectivity index (χ3n) is 7.02. The molecule has 1 atom stereocenters. The largest absolute Gasteiger partial charge is 0.465 e. The summed E-state index contributed by atoms with van der Waals surface area (Å²) in [4.78, 5) is 36.7. The van der Waals surface area contributed by atoms with Crippen LogP contribution in [0.4, 0.5) is 4.79 Å². The summed E-state index contributed by atoms with van der Waals surface area (Å²) in [6.45, 7) is 15.2. The lowest BCUT2D eigenvalue weighted by molar-refractivity contribution is -0.139. The van der Waals surface area contributed by atoms with Gasteiger partial charge in [-0.15, -0.1) is 0 Å². The molecule has 1 saturated carbocycles. The zero-order valence-corrected chi connectivity index (χ0v) is 21.5. The first-order valence-electron chi connectivity index (χ1n) is 11.9. The predicted molar refractivity (Wildman–Crippen MR) is 127 cm³/mol. The molecule has 9 nitrogen and oxygen atoms in total. The van der Waals surface area contributed by atoms with E-state index in [4.69, 9.17) is 14.4 Å². The molecular formula is C23H42BN3O6. The molecule has 0 spiro atoms. The third-order valence-corrected chi connectivity index (χ3v) is 7.02. The summed E-state index contributed by atoms with van der Waals surface area (Å²) < 4.78 is 12.1. The molecule has 33 heavy (non-hydrogen) atoms. The molecule has 1 unspecified atom stereocenters. The number of hydrogen-bond donors (Lipinski definition) is 4. The standard InChI is InChI=1S/C23H42BN3O6/c1-15(28)26-23(18(29)27-20(2,3)4,16-13-17(14-16)25-19(30)31)11-9-10-12-24-32-21(5,6)22(7,8)33-24/h16-17,25H,9-14H2,1-8H3,(H,26,28)(H,27,29)(H,30,31). The van der Waals surface area contributed by atoms with Crippen molar-refractivity contribution in [2.75, 3.05) is 0 Å². The number of nitrogens with one attached hydrogen (secondary N) is 3. The Labute approximate surface area is 198 Å². The van der Waals surface area contributed by atoms with Crippen LogP contribution in [0.1, 0.15) is 87.5 Å². The second-order valence-corrected chi connectivity index (χ2v) is 11.6. The van der Waals surface area contributed by atoms with E-state index in [1.54, 1.807) is 0 Å². The second kappa shape index (κ2) is 9.82. The van der Waals surface area contributed by atoms with Crippen LogP contribution in [0.25, 0.3) is 0 Å². The number of carboxylic acid groups (broad SMARTS) is 1. The Morgan fingerprint density at radius 3 is 2.00 bits per heavy atom. The predicted octanol–water partition coefficient (Wildman–Crippen LogP) is 3.08.